The fraction of sp³-hybridized carbons (Fsp3) is 0.571. The first kappa shape index (κ1) is 16.1. The van der Waals surface area contributed by atoms with Crippen LogP contribution in [0.1, 0.15) is 13.3 Å². The normalized spacial score (nSPS) is 21.3. The van der Waals surface area contributed by atoms with Crippen LogP contribution in [0.25, 0.3) is 0 Å². The quantitative estimate of drug-likeness (QED) is 0.753. The van der Waals surface area contributed by atoms with E-state index in [9.17, 15) is 13.5 Å². The van der Waals surface area contributed by atoms with Crippen molar-refractivity contribution in [3.05, 3.63) is 24.3 Å². The van der Waals surface area contributed by atoms with Crippen LogP contribution in [0.15, 0.2) is 24.3 Å². The molecular weight excluding hydrogens is 292 g/mol. The van der Waals surface area contributed by atoms with E-state index in [1.54, 1.807) is 31.2 Å². The number of hydrogen-bond acceptors (Lipinski definition) is 5. The van der Waals surface area contributed by atoms with Gasteiger partial charge in [-0.15, -0.1) is 0 Å². The number of benzene rings is 1. The van der Waals surface area contributed by atoms with Crippen LogP contribution < -0.4 is 10.5 Å². The van der Waals surface area contributed by atoms with Crippen molar-refractivity contribution in [2.24, 2.45) is 5.92 Å². The smallest absolute Gasteiger partial charge is 0.217 e. The highest BCUT2D eigenvalue weighted by Gasteiger charge is 2.33. The molecule has 1 heterocycles. The fourth-order valence-corrected chi connectivity index (χ4v) is 3.71. The average Bonchev–Trinajstić information content (AvgIpc) is 2.91. The zero-order chi connectivity index (χ0) is 15.5. The number of nitrogens with two attached hydrogens (primary N) is 1. The Morgan fingerprint density at radius 1 is 1.43 bits per heavy atom. The lowest BCUT2D eigenvalue weighted by molar-refractivity contribution is 0.133. The van der Waals surface area contributed by atoms with Crippen molar-refractivity contribution in [1.29, 1.82) is 0 Å². The molecule has 0 amide bonds. The van der Waals surface area contributed by atoms with Gasteiger partial charge in [0.1, 0.15) is 12.4 Å². The lowest BCUT2D eigenvalue weighted by Crippen LogP contribution is -2.34. The lowest BCUT2D eigenvalue weighted by atomic mass is 10.0. The predicted octanol–water partition coefficient (Wildman–Crippen LogP) is 0.680. The number of anilines is 1. The Balaban J connectivity index is 1.83. The largest absolute Gasteiger partial charge is 0.492 e. The van der Waals surface area contributed by atoms with Gasteiger partial charge in [0.25, 0.3) is 0 Å². The minimum absolute atomic E-state index is 0.0257. The first-order valence-electron chi connectivity index (χ1n) is 7.03. The van der Waals surface area contributed by atoms with E-state index in [-0.39, 0.29) is 18.3 Å². The molecule has 0 bridgehead atoms. The Labute approximate surface area is 125 Å². The third-order valence-corrected chi connectivity index (χ3v) is 5.55. The van der Waals surface area contributed by atoms with E-state index >= 15 is 0 Å². The molecule has 118 valence electrons. The summed E-state index contributed by atoms with van der Waals surface area (Å²) < 4.78 is 31.2. The molecule has 7 heteroatoms. The van der Waals surface area contributed by atoms with Crippen molar-refractivity contribution in [3.63, 3.8) is 0 Å². The van der Waals surface area contributed by atoms with Crippen LogP contribution in [0.5, 0.6) is 5.75 Å². The van der Waals surface area contributed by atoms with Crippen molar-refractivity contribution < 1.29 is 18.3 Å². The highest BCUT2D eigenvalue weighted by atomic mass is 32.2. The Hall–Kier alpha value is -1.31. The van der Waals surface area contributed by atoms with Crippen LogP contribution in [0.4, 0.5) is 5.69 Å². The maximum atomic E-state index is 12.2. The number of nitrogens with zero attached hydrogens (tertiary/aromatic N) is 1. The molecule has 0 aromatic heterocycles. The Morgan fingerprint density at radius 3 is 2.67 bits per heavy atom. The summed E-state index contributed by atoms with van der Waals surface area (Å²) in [5.74, 6) is 0.560. The summed E-state index contributed by atoms with van der Waals surface area (Å²) >= 11 is 0. The van der Waals surface area contributed by atoms with Gasteiger partial charge in [0.15, 0.2) is 0 Å². The summed E-state index contributed by atoms with van der Waals surface area (Å²) in [4.78, 5) is 0. The van der Waals surface area contributed by atoms with Crippen molar-refractivity contribution in [1.82, 2.24) is 4.31 Å². The SMILES string of the molecule is CC(O)C1CCN(S(=O)(=O)CCOc2ccc(N)cc2)C1. The molecular formula is C14H22N2O4S. The van der Waals surface area contributed by atoms with Gasteiger partial charge in [0, 0.05) is 18.8 Å². The van der Waals surface area contributed by atoms with Gasteiger partial charge in [-0.2, -0.15) is 0 Å². The molecule has 1 aliphatic rings. The van der Waals surface area contributed by atoms with Gasteiger partial charge in [-0.05, 0) is 43.5 Å². The maximum Gasteiger partial charge on any atom is 0.217 e. The van der Waals surface area contributed by atoms with Gasteiger partial charge in [-0.1, -0.05) is 0 Å². The van der Waals surface area contributed by atoms with Gasteiger partial charge in [-0.25, -0.2) is 12.7 Å². The average molecular weight is 314 g/mol. The standard InChI is InChI=1S/C14H22N2O4S/c1-11(17)12-6-7-16(10-12)21(18,19)9-8-20-14-4-2-13(15)3-5-14/h2-5,11-12,17H,6-10,15H2,1H3. The second kappa shape index (κ2) is 6.64. The highest BCUT2D eigenvalue weighted by Crippen LogP contribution is 2.22. The summed E-state index contributed by atoms with van der Waals surface area (Å²) in [7, 11) is -3.33. The highest BCUT2D eigenvalue weighted by molar-refractivity contribution is 7.89. The predicted molar refractivity (Wildman–Crippen MR) is 81.5 cm³/mol. The van der Waals surface area contributed by atoms with E-state index in [0.717, 1.165) is 0 Å². The molecule has 21 heavy (non-hydrogen) atoms. The van der Waals surface area contributed by atoms with Crippen molar-refractivity contribution >= 4 is 15.7 Å². The number of sulfonamides is 1. The number of hydrogen-bond donors (Lipinski definition) is 2. The van der Waals surface area contributed by atoms with E-state index in [0.29, 0.717) is 30.9 Å². The van der Waals surface area contributed by atoms with Gasteiger partial charge in [0.2, 0.25) is 10.0 Å². The molecule has 0 radical (unpaired) electrons. The molecule has 0 spiro atoms. The molecule has 0 aliphatic carbocycles. The molecule has 1 aliphatic heterocycles. The molecule has 1 aromatic rings. The van der Waals surface area contributed by atoms with E-state index in [1.165, 1.54) is 4.31 Å². The van der Waals surface area contributed by atoms with Gasteiger partial charge >= 0.3 is 0 Å². The molecule has 2 rings (SSSR count). The van der Waals surface area contributed by atoms with Crippen LogP contribution in [-0.2, 0) is 10.0 Å². The molecule has 2 unspecified atom stereocenters. The monoisotopic (exact) mass is 314 g/mol. The van der Waals surface area contributed by atoms with Crippen LogP contribution in [0.2, 0.25) is 0 Å². The second-order valence-electron chi connectivity index (χ2n) is 5.38. The summed E-state index contributed by atoms with van der Waals surface area (Å²) in [5, 5.41) is 9.53. The van der Waals surface area contributed by atoms with Crippen molar-refractivity contribution in [2.45, 2.75) is 19.4 Å². The van der Waals surface area contributed by atoms with Crippen LogP contribution in [0.3, 0.4) is 0 Å². The Kier molecular flexibility index (Phi) is 5.08. The Bertz CT molecular complexity index is 557. The second-order valence-corrected chi connectivity index (χ2v) is 7.47. The number of rotatable bonds is 6. The van der Waals surface area contributed by atoms with Crippen molar-refractivity contribution in [2.75, 3.05) is 31.2 Å². The van der Waals surface area contributed by atoms with Gasteiger partial charge in [-0.3, -0.25) is 0 Å². The molecule has 0 saturated carbocycles. The number of ether oxygens (including phenoxy) is 1. The summed E-state index contributed by atoms with van der Waals surface area (Å²) in [6, 6.07) is 6.83. The van der Waals surface area contributed by atoms with Gasteiger partial charge < -0.3 is 15.6 Å². The zero-order valence-corrected chi connectivity index (χ0v) is 12.9. The minimum Gasteiger partial charge on any atom is -0.492 e. The molecule has 6 nitrogen and oxygen atoms in total. The van der Waals surface area contributed by atoms with E-state index < -0.39 is 16.1 Å². The first-order valence-corrected chi connectivity index (χ1v) is 8.63. The van der Waals surface area contributed by atoms with E-state index in [2.05, 4.69) is 0 Å². The zero-order valence-electron chi connectivity index (χ0n) is 12.1. The molecule has 3 N–H and O–H groups in total. The number of nitrogen functional groups attached to an aromatic ring is 1. The molecule has 2 atom stereocenters. The third-order valence-electron chi connectivity index (χ3n) is 3.75. The molecule has 1 aromatic carbocycles. The summed E-state index contributed by atoms with van der Waals surface area (Å²) in [6.07, 6.45) is 0.228. The number of aliphatic hydroxyl groups excluding tert-OH is 1. The van der Waals surface area contributed by atoms with Crippen LogP contribution >= 0.6 is 0 Å². The lowest BCUT2D eigenvalue weighted by Gasteiger charge is -2.17. The molecule has 1 saturated heterocycles. The summed E-state index contributed by atoms with van der Waals surface area (Å²) in [5.41, 5.74) is 6.20. The fourth-order valence-electron chi connectivity index (χ4n) is 2.36. The van der Waals surface area contributed by atoms with E-state index in [4.69, 9.17) is 10.5 Å². The number of aliphatic hydroxyl groups is 1. The first-order chi connectivity index (χ1) is 9.88. The van der Waals surface area contributed by atoms with Crippen molar-refractivity contribution in [3.8, 4) is 5.75 Å². The van der Waals surface area contributed by atoms with Crippen LogP contribution in [0, 0.1) is 5.92 Å². The third kappa shape index (κ3) is 4.33. The molecule has 1 fully saturated rings. The topological polar surface area (TPSA) is 92.9 Å². The minimum atomic E-state index is -3.33. The van der Waals surface area contributed by atoms with Gasteiger partial charge in [0.05, 0.1) is 11.9 Å². The van der Waals surface area contributed by atoms with E-state index in [1.807, 2.05) is 0 Å². The maximum absolute atomic E-state index is 12.2. The Morgan fingerprint density at radius 2 is 2.10 bits per heavy atom. The summed E-state index contributed by atoms with van der Waals surface area (Å²) in [6.45, 7) is 2.66. The van der Waals surface area contributed by atoms with Crippen LogP contribution in [-0.4, -0.2) is 49.4 Å².